The molecule has 0 aromatic heterocycles. The van der Waals surface area contributed by atoms with E-state index in [1.165, 1.54) is 25.0 Å². The number of hydrogen-bond acceptors (Lipinski definition) is 2. The zero-order valence-corrected chi connectivity index (χ0v) is 7.80. The van der Waals surface area contributed by atoms with Crippen molar-refractivity contribution in [1.29, 1.82) is 0 Å². The predicted molar refractivity (Wildman–Crippen MR) is 48.8 cm³/mol. The highest BCUT2D eigenvalue weighted by molar-refractivity contribution is 5.87. The third kappa shape index (κ3) is 2.21. The van der Waals surface area contributed by atoms with Gasteiger partial charge < -0.3 is 5.01 Å². The van der Waals surface area contributed by atoms with Crippen molar-refractivity contribution in [3.05, 3.63) is 0 Å². The quantitative estimate of drug-likeness (QED) is 0.556. The first kappa shape index (κ1) is 8.57. The lowest BCUT2D eigenvalue weighted by Crippen LogP contribution is -2.14. The van der Waals surface area contributed by atoms with Gasteiger partial charge in [-0.2, -0.15) is 5.10 Å². The third-order valence-electron chi connectivity index (χ3n) is 2.40. The molecule has 11 heavy (non-hydrogen) atoms. The van der Waals surface area contributed by atoms with E-state index in [1.54, 1.807) is 0 Å². The van der Waals surface area contributed by atoms with Gasteiger partial charge in [0.1, 0.15) is 0 Å². The molecule has 0 heterocycles. The Kier molecular flexibility index (Phi) is 2.92. The van der Waals surface area contributed by atoms with Crippen LogP contribution in [0.1, 0.15) is 33.1 Å². The molecule has 1 fully saturated rings. The smallest absolute Gasteiger partial charge is 0.0408 e. The fraction of sp³-hybridized carbons (Fsp3) is 0.889. The van der Waals surface area contributed by atoms with Gasteiger partial charge in [0.25, 0.3) is 0 Å². The van der Waals surface area contributed by atoms with Crippen molar-refractivity contribution in [3.63, 3.8) is 0 Å². The summed E-state index contributed by atoms with van der Waals surface area (Å²) in [5.74, 6) is 0.726. The van der Waals surface area contributed by atoms with E-state index in [2.05, 4.69) is 18.9 Å². The standard InChI is InChI=1S/C9H18N2/c1-4-11(3)10-9-7-5-6-8(9)2/h8H,4-7H2,1-3H3/b10-9-. The van der Waals surface area contributed by atoms with E-state index >= 15 is 0 Å². The maximum Gasteiger partial charge on any atom is 0.0408 e. The van der Waals surface area contributed by atoms with Crippen LogP contribution in [0.4, 0.5) is 0 Å². The van der Waals surface area contributed by atoms with Crippen LogP contribution < -0.4 is 0 Å². The van der Waals surface area contributed by atoms with Crippen LogP contribution in [0.5, 0.6) is 0 Å². The van der Waals surface area contributed by atoms with Crippen LogP contribution in [0.3, 0.4) is 0 Å². The zero-order valence-electron chi connectivity index (χ0n) is 7.80. The molecular weight excluding hydrogens is 136 g/mol. The average molecular weight is 154 g/mol. The second-order valence-corrected chi connectivity index (χ2v) is 3.36. The summed E-state index contributed by atoms with van der Waals surface area (Å²) in [7, 11) is 2.04. The molecule has 0 spiro atoms. The molecule has 0 N–H and O–H groups in total. The molecule has 1 atom stereocenters. The summed E-state index contributed by atoms with van der Waals surface area (Å²) in [5, 5.41) is 6.55. The lowest BCUT2D eigenvalue weighted by atomic mass is 10.1. The monoisotopic (exact) mass is 154 g/mol. The van der Waals surface area contributed by atoms with Crippen molar-refractivity contribution in [3.8, 4) is 0 Å². The van der Waals surface area contributed by atoms with E-state index in [1.807, 2.05) is 12.1 Å². The highest BCUT2D eigenvalue weighted by Crippen LogP contribution is 2.21. The minimum atomic E-state index is 0.726. The van der Waals surface area contributed by atoms with Gasteiger partial charge in [-0.25, -0.2) is 0 Å². The summed E-state index contributed by atoms with van der Waals surface area (Å²) in [5.41, 5.74) is 1.40. The van der Waals surface area contributed by atoms with E-state index < -0.39 is 0 Å². The molecule has 0 aliphatic heterocycles. The van der Waals surface area contributed by atoms with Crippen LogP contribution in [0.15, 0.2) is 5.10 Å². The molecule has 1 rings (SSSR count). The van der Waals surface area contributed by atoms with Crippen molar-refractivity contribution in [1.82, 2.24) is 5.01 Å². The van der Waals surface area contributed by atoms with Gasteiger partial charge in [-0.1, -0.05) is 6.92 Å². The summed E-state index contributed by atoms with van der Waals surface area (Å²) in [4.78, 5) is 0. The lowest BCUT2D eigenvalue weighted by molar-refractivity contribution is 0.372. The fourth-order valence-corrected chi connectivity index (χ4v) is 1.44. The molecule has 1 aliphatic carbocycles. The van der Waals surface area contributed by atoms with E-state index in [4.69, 9.17) is 0 Å². The molecule has 64 valence electrons. The topological polar surface area (TPSA) is 15.6 Å². The molecule has 1 saturated carbocycles. The Morgan fingerprint density at radius 3 is 2.82 bits per heavy atom. The molecule has 0 saturated heterocycles. The largest absolute Gasteiger partial charge is 0.300 e. The van der Waals surface area contributed by atoms with Crippen LogP contribution in [-0.2, 0) is 0 Å². The van der Waals surface area contributed by atoms with E-state index in [0.717, 1.165) is 12.5 Å². The van der Waals surface area contributed by atoms with Crippen molar-refractivity contribution in [2.45, 2.75) is 33.1 Å². The highest BCUT2D eigenvalue weighted by atomic mass is 15.4. The Labute approximate surface area is 69.3 Å². The minimum absolute atomic E-state index is 0.726. The van der Waals surface area contributed by atoms with Gasteiger partial charge in [0.15, 0.2) is 0 Å². The maximum absolute atomic E-state index is 4.53. The third-order valence-corrected chi connectivity index (χ3v) is 2.40. The first-order valence-electron chi connectivity index (χ1n) is 4.52. The minimum Gasteiger partial charge on any atom is -0.300 e. The maximum atomic E-state index is 4.53. The Morgan fingerprint density at radius 1 is 1.64 bits per heavy atom. The Morgan fingerprint density at radius 2 is 2.36 bits per heavy atom. The number of nitrogens with zero attached hydrogens (tertiary/aromatic N) is 2. The summed E-state index contributed by atoms with van der Waals surface area (Å²) in [6.45, 7) is 5.41. The second kappa shape index (κ2) is 3.74. The average Bonchev–Trinajstić information content (AvgIpc) is 2.37. The summed E-state index contributed by atoms with van der Waals surface area (Å²) < 4.78 is 0. The van der Waals surface area contributed by atoms with Gasteiger partial charge in [-0.3, -0.25) is 0 Å². The molecule has 1 unspecified atom stereocenters. The van der Waals surface area contributed by atoms with Gasteiger partial charge >= 0.3 is 0 Å². The molecule has 1 aliphatic rings. The molecule has 0 bridgehead atoms. The molecular formula is C9H18N2. The zero-order chi connectivity index (χ0) is 8.27. The van der Waals surface area contributed by atoms with E-state index in [9.17, 15) is 0 Å². The van der Waals surface area contributed by atoms with Crippen molar-refractivity contribution in [2.24, 2.45) is 11.0 Å². The van der Waals surface area contributed by atoms with Gasteiger partial charge in [-0.15, -0.1) is 0 Å². The Bertz CT molecular complexity index is 152. The SMILES string of the molecule is CCN(C)/N=C1/CCCC1C. The van der Waals surface area contributed by atoms with Gasteiger partial charge in [0, 0.05) is 19.3 Å². The van der Waals surface area contributed by atoms with Gasteiger partial charge in [0.05, 0.1) is 0 Å². The molecule has 0 amide bonds. The summed E-state index contributed by atoms with van der Waals surface area (Å²) in [6.07, 6.45) is 3.87. The molecule has 0 aromatic carbocycles. The summed E-state index contributed by atoms with van der Waals surface area (Å²) >= 11 is 0. The number of rotatable bonds is 2. The van der Waals surface area contributed by atoms with Crippen LogP contribution in [0.25, 0.3) is 0 Å². The van der Waals surface area contributed by atoms with Gasteiger partial charge in [0.2, 0.25) is 0 Å². The molecule has 0 radical (unpaired) electrons. The fourth-order valence-electron chi connectivity index (χ4n) is 1.44. The van der Waals surface area contributed by atoms with Crippen LogP contribution in [0, 0.1) is 5.92 Å². The second-order valence-electron chi connectivity index (χ2n) is 3.36. The van der Waals surface area contributed by atoms with Gasteiger partial charge in [-0.05, 0) is 32.1 Å². The normalized spacial score (nSPS) is 27.9. The van der Waals surface area contributed by atoms with E-state index in [-0.39, 0.29) is 0 Å². The van der Waals surface area contributed by atoms with Crippen molar-refractivity contribution >= 4 is 5.71 Å². The molecule has 2 heteroatoms. The number of hydrogen-bond donors (Lipinski definition) is 0. The first-order valence-corrected chi connectivity index (χ1v) is 4.52. The molecule has 0 aromatic rings. The number of hydrazone groups is 1. The van der Waals surface area contributed by atoms with E-state index in [0.29, 0.717) is 0 Å². The lowest BCUT2D eigenvalue weighted by Gasteiger charge is -2.12. The van der Waals surface area contributed by atoms with Crippen LogP contribution in [-0.4, -0.2) is 24.3 Å². The highest BCUT2D eigenvalue weighted by Gasteiger charge is 2.17. The first-order chi connectivity index (χ1) is 5.24. The van der Waals surface area contributed by atoms with Crippen molar-refractivity contribution in [2.75, 3.05) is 13.6 Å². The van der Waals surface area contributed by atoms with Crippen LogP contribution >= 0.6 is 0 Å². The predicted octanol–water partition coefficient (Wildman–Crippen LogP) is 2.11. The summed E-state index contributed by atoms with van der Waals surface area (Å²) in [6, 6.07) is 0. The van der Waals surface area contributed by atoms with Crippen LogP contribution in [0.2, 0.25) is 0 Å². The Hall–Kier alpha value is -0.530. The van der Waals surface area contributed by atoms with Crippen molar-refractivity contribution < 1.29 is 0 Å². The Balaban J connectivity index is 2.50. The molecule has 2 nitrogen and oxygen atoms in total.